The van der Waals surface area contributed by atoms with Crippen LogP contribution in [0, 0.1) is 11.6 Å². The van der Waals surface area contributed by atoms with E-state index in [1.165, 1.54) is 6.07 Å². The molecule has 0 fully saturated rings. The van der Waals surface area contributed by atoms with Gasteiger partial charge in [-0.25, -0.2) is 8.78 Å². The van der Waals surface area contributed by atoms with Gasteiger partial charge < -0.3 is 10.1 Å². The SMILES string of the molecule is COC(C)CNCc1ccc(F)c(F)c1. The third kappa shape index (κ3) is 3.93. The minimum atomic E-state index is -0.816. The lowest BCUT2D eigenvalue weighted by atomic mass is 10.2. The predicted molar refractivity (Wildman–Crippen MR) is 54.5 cm³/mol. The molecule has 1 aromatic rings. The number of halogens is 2. The summed E-state index contributed by atoms with van der Waals surface area (Å²) in [6.07, 6.45) is 0.107. The Morgan fingerprint density at radius 2 is 2.07 bits per heavy atom. The minimum Gasteiger partial charge on any atom is -0.380 e. The second-order valence-electron chi connectivity index (χ2n) is 3.43. The molecule has 0 saturated carbocycles. The summed E-state index contributed by atoms with van der Waals surface area (Å²) < 4.78 is 30.4. The Labute approximate surface area is 88.3 Å². The van der Waals surface area contributed by atoms with Crippen molar-refractivity contribution in [3.63, 3.8) is 0 Å². The van der Waals surface area contributed by atoms with Gasteiger partial charge in [0, 0.05) is 20.2 Å². The summed E-state index contributed by atoms with van der Waals surface area (Å²) in [6, 6.07) is 3.88. The van der Waals surface area contributed by atoms with Crippen molar-refractivity contribution in [2.45, 2.75) is 19.6 Å². The largest absolute Gasteiger partial charge is 0.380 e. The van der Waals surface area contributed by atoms with Crippen molar-refractivity contribution in [1.29, 1.82) is 0 Å². The molecular weight excluding hydrogens is 200 g/mol. The third-order valence-corrected chi connectivity index (χ3v) is 2.15. The summed E-state index contributed by atoms with van der Waals surface area (Å²) in [6.45, 7) is 3.11. The van der Waals surface area contributed by atoms with Gasteiger partial charge in [0.15, 0.2) is 11.6 Å². The zero-order valence-electron chi connectivity index (χ0n) is 8.89. The van der Waals surface area contributed by atoms with Crippen molar-refractivity contribution in [1.82, 2.24) is 5.32 Å². The Morgan fingerprint density at radius 1 is 1.33 bits per heavy atom. The lowest BCUT2D eigenvalue weighted by Crippen LogP contribution is -2.25. The van der Waals surface area contributed by atoms with Gasteiger partial charge in [0.25, 0.3) is 0 Å². The molecule has 2 nitrogen and oxygen atoms in total. The second-order valence-corrected chi connectivity index (χ2v) is 3.43. The molecule has 0 bridgehead atoms. The first-order valence-electron chi connectivity index (χ1n) is 4.81. The predicted octanol–water partition coefficient (Wildman–Crippen LogP) is 2.09. The van der Waals surface area contributed by atoms with Crippen molar-refractivity contribution < 1.29 is 13.5 Å². The molecule has 1 unspecified atom stereocenters. The summed E-state index contributed by atoms with van der Waals surface area (Å²) in [5, 5.41) is 3.08. The normalized spacial score (nSPS) is 12.8. The molecule has 1 rings (SSSR count). The summed E-state index contributed by atoms with van der Waals surface area (Å²) in [4.78, 5) is 0. The van der Waals surface area contributed by atoms with E-state index in [-0.39, 0.29) is 6.10 Å². The van der Waals surface area contributed by atoms with Crippen LogP contribution in [-0.4, -0.2) is 19.8 Å². The van der Waals surface area contributed by atoms with Crippen LogP contribution in [0.5, 0.6) is 0 Å². The fourth-order valence-electron chi connectivity index (χ4n) is 1.15. The standard InChI is InChI=1S/C11H15F2NO/c1-8(15-2)6-14-7-9-3-4-10(12)11(13)5-9/h3-5,8,14H,6-7H2,1-2H3. The fraction of sp³-hybridized carbons (Fsp3) is 0.455. The smallest absolute Gasteiger partial charge is 0.159 e. The van der Waals surface area contributed by atoms with E-state index in [1.807, 2.05) is 6.92 Å². The molecule has 0 spiro atoms. The summed E-state index contributed by atoms with van der Waals surface area (Å²) in [5.74, 6) is -1.63. The molecule has 0 aliphatic rings. The van der Waals surface area contributed by atoms with Crippen LogP contribution in [0.15, 0.2) is 18.2 Å². The van der Waals surface area contributed by atoms with E-state index in [4.69, 9.17) is 4.74 Å². The van der Waals surface area contributed by atoms with E-state index in [0.29, 0.717) is 13.1 Å². The molecular formula is C11H15F2NO. The zero-order chi connectivity index (χ0) is 11.3. The molecule has 0 saturated heterocycles. The molecule has 0 heterocycles. The van der Waals surface area contributed by atoms with Gasteiger partial charge in [-0.3, -0.25) is 0 Å². The average Bonchev–Trinajstić information content (AvgIpc) is 2.23. The molecule has 15 heavy (non-hydrogen) atoms. The summed E-state index contributed by atoms with van der Waals surface area (Å²) in [7, 11) is 1.63. The van der Waals surface area contributed by atoms with Gasteiger partial charge in [-0.05, 0) is 24.6 Å². The molecule has 4 heteroatoms. The van der Waals surface area contributed by atoms with Crippen molar-refractivity contribution in [3.8, 4) is 0 Å². The number of benzene rings is 1. The van der Waals surface area contributed by atoms with Gasteiger partial charge in [0.05, 0.1) is 6.10 Å². The maximum Gasteiger partial charge on any atom is 0.159 e. The topological polar surface area (TPSA) is 21.3 Å². The molecule has 0 radical (unpaired) electrons. The van der Waals surface area contributed by atoms with E-state index < -0.39 is 11.6 Å². The monoisotopic (exact) mass is 215 g/mol. The molecule has 84 valence electrons. The highest BCUT2D eigenvalue weighted by molar-refractivity contribution is 5.17. The van der Waals surface area contributed by atoms with E-state index in [9.17, 15) is 8.78 Å². The number of hydrogen-bond acceptors (Lipinski definition) is 2. The molecule has 0 aliphatic heterocycles. The molecule has 1 aromatic carbocycles. The first-order chi connectivity index (χ1) is 7.13. The van der Waals surface area contributed by atoms with E-state index in [1.54, 1.807) is 13.2 Å². The average molecular weight is 215 g/mol. The Morgan fingerprint density at radius 3 is 2.67 bits per heavy atom. The summed E-state index contributed by atoms with van der Waals surface area (Å²) >= 11 is 0. The second kappa shape index (κ2) is 5.78. The van der Waals surface area contributed by atoms with Crippen LogP contribution in [-0.2, 0) is 11.3 Å². The molecule has 0 amide bonds. The van der Waals surface area contributed by atoms with Crippen LogP contribution in [0.4, 0.5) is 8.78 Å². The van der Waals surface area contributed by atoms with Crippen LogP contribution in [0.2, 0.25) is 0 Å². The Balaban J connectivity index is 2.41. The van der Waals surface area contributed by atoms with E-state index in [2.05, 4.69) is 5.32 Å². The molecule has 0 aromatic heterocycles. The highest BCUT2D eigenvalue weighted by Gasteiger charge is 2.03. The van der Waals surface area contributed by atoms with Crippen molar-refractivity contribution >= 4 is 0 Å². The van der Waals surface area contributed by atoms with E-state index >= 15 is 0 Å². The highest BCUT2D eigenvalue weighted by Crippen LogP contribution is 2.08. The quantitative estimate of drug-likeness (QED) is 0.812. The van der Waals surface area contributed by atoms with Gasteiger partial charge in [-0.1, -0.05) is 6.07 Å². The van der Waals surface area contributed by atoms with Crippen molar-refractivity contribution in [2.24, 2.45) is 0 Å². The van der Waals surface area contributed by atoms with Gasteiger partial charge in [-0.2, -0.15) is 0 Å². The summed E-state index contributed by atoms with van der Waals surface area (Å²) in [5.41, 5.74) is 0.720. The van der Waals surface area contributed by atoms with Crippen molar-refractivity contribution in [2.75, 3.05) is 13.7 Å². The molecule has 1 atom stereocenters. The number of rotatable bonds is 5. The number of hydrogen-bond donors (Lipinski definition) is 1. The first kappa shape index (κ1) is 12.1. The van der Waals surface area contributed by atoms with Gasteiger partial charge in [-0.15, -0.1) is 0 Å². The van der Waals surface area contributed by atoms with Crippen LogP contribution >= 0.6 is 0 Å². The Hall–Kier alpha value is -1.00. The first-order valence-corrected chi connectivity index (χ1v) is 4.81. The van der Waals surface area contributed by atoms with Gasteiger partial charge in [0.2, 0.25) is 0 Å². The Bertz CT molecular complexity index is 317. The minimum absolute atomic E-state index is 0.107. The molecule has 1 N–H and O–H groups in total. The molecule has 0 aliphatic carbocycles. The van der Waals surface area contributed by atoms with Crippen LogP contribution in [0.25, 0.3) is 0 Å². The number of ether oxygens (including phenoxy) is 1. The zero-order valence-corrected chi connectivity index (χ0v) is 8.89. The third-order valence-electron chi connectivity index (χ3n) is 2.15. The fourth-order valence-corrected chi connectivity index (χ4v) is 1.15. The van der Waals surface area contributed by atoms with Crippen LogP contribution in [0.3, 0.4) is 0 Å². The van der Waals surface area contributed by atoms with Gasteiger partial charge in [0.1, 0.15) is 0 Å². The van der Waals surface area contributed by atoms with E-state index in [0.717, 1.165) is 11.6 Å². The maximum absolute atomic E-state index is 12.8. The number of nitrogens with one attached hydrogen (secondary N) is 1. The lowest BCUT2D eigenvalue weighted by molar-refractivity contribution is 0.117. The highest BCUT2D eigenvalue weighted by atomic mass is 19.2. The number of methoxy groups -OCH3 is 1. The Kier molecular flexibility index (Phi) is 4.65. The van der Waals surface area contributed by atoms with Crippen LogP contribution < -0.4 is 5.32 Å². The van der Waals surface area contributed by atoms with Crippen molar-refractivity contribution in [3.05, 3.63) is 35.4 Å². The van der Waals surface area contributed by atoms with Gasteiger partial charge >= 0.3 is 0 Å². The maximum atomic E-state index is 12.8. The van der Waals surface area contributed by atoms with Crippen LogP contribution in [0.1, 0.15) is 12.5 Å². The lowest BCUT2D eigenvalue weighted by Gasteiger charge is -2.10.